The van der Waals surface area contributed by atoms with Crippen molar-refractivity contribution in [3.8, 4) is 0 Å². The number of anilines is 1. The molecule has 1 N–H and O–H groups in total. The van der Waals surface area contributed by atoms with Crippen LogP contribution in [0.3, 0.4) is 0 Å². The smallest absolute Gasteiger partial charge is 0.219 e. The van der Waals surface area contributed by atoms with Crippen molar-refractivity contribution in [2.24, 2.45) is 5.41 Å². The van der Waals surface area contributed by atoms with Crippen molar-refractivity contribution >= 4 is 11.6 Å². The third-order valence-electron chi connectivity index (χ3n) is 3.75. The zero-order valence-electron chi connectivity index (χ0n) is 14.9. The minimum Gasteiger partial charge on any atom is -0.378 e. The summed E-state index contributed by atoms with van der Waals surface area (Å²) in [4.78, 5) is 13.8. The van der Waals surface area contributed by atoms with E-state index in [2.05, 4.69) is 55.3 Å². The van der Waals surface area contributed by atoms with Crippen LogP contribution in [0.4, 0.5) is 5.69 Å². The van der Waals surface area contributed by atoms with Crippen LogP contribution in [0, 0.1) is 5.41 Å². The van der Waals surface area contributed by atoms with Gasteiger partial charge in [0.15, 0.2) is 0 Å². The molecule has 0 fully saturated rings. The van der Waals surface area contributed by atoms with Crippen molar-refractivity contribution in [1.29, 1.82) is 0 Å². The van der Waals surface area contributed by atoms with E-state index in [9.17, 15) is 4.79 Å². The lowest BCUT2D eigenvalue weighted by Crippen LogP contribution is -2.24. The van der Waals surface area contributed by atoms with Gasteiger partial charge in [-0.05, 0) is 48.8 Å². The maximum atomic E-state index is 11.7. The molecule has 3 heteroatoms. The number of carbonyl (C=O) groups excluding carboxylic acids is 1. The number of hydrogen-bond acceptors (Lipinski definition) is 2. The fourth-order valence-corrected chi connectivity index (χ4v) is 2.35. The lowest BCUT2D eigenvalue weighted by molar-refractivity contribution is -0.121. The molecule has 22 heavy (non-hydrogen) atoms. The largest absolute Gasteiger partial charge is 0.378 e. The Hall–Kier alpha value is -1.51. The van der Waals surface area contributed by atoms with Crippen molar-refractivity contribution in [3.63, 3.8) is 0 Å². The maximum Gasteiger partial charge on any atom is 0.219 e. The summed E-state index contributed by atoms with van der Waals surface area (Å²) in [6, 6.07) is 8.61. The van der Waals surface area contributed by atoms with E-state index in [1.165, 1.54) is 11.3 Å². The SMILES string of the molecule is CN(C)c1ccc(CCCNC(=O)CCCC(C)(C)C)cc1. The Labute approximate surface area is 136 Å². The molecule has 0 unspecified atom stereocenters. The average molecular weight is 304 g/mol. The van der Waals surface area contributed by atoms with Crippen LogP contribution in [0.5, 0.6) is 0 Å². The van der Waals surface area contributed by atoms with Crippen LogP contribution in [0.1, 0.15) is 52.0 Å². The second-order valence-electron chi connectivity index (χ2n) is 7.43. The molecule has 1 amide bonds. The molecule has 1 aromatic carbocycles. The summed E-state index contributed by atoms with van der Waals surface area (Å²) in [5.74, 6) is 0.187. The average Bonchev–Trinajstić information content (AvgIpc) is 2.42. The highest BCUT2D eigenvalue weighted by molar-refractivity contribution is 5.75. The van der Waals surface area contributed by atoms with Crippen LogP contribution in [-0.4, -0.2) is 26.5 Å². The molecule has 0 bridgehead atoms. The number of benzene rings is 1. The number of carbonyl (C=O) groups is 1. The normalized spacial score (nSPS) is 11.3. The molecule has 1 rings (SSSR count). The number of nitrogens with zero attached hydrogens (tertiary/aromatic N) is 1. The van der Waals surface area contributed by atoms with Gasteiger partial charge < -0.3 is 10.2 Å². The molecule has 0 saturated carbocycles. The molecule has 0 aliphatic rings. The first kappa shape index (κ1) is 18.5. The van der Waals surface area contributed by atoms with E-state index in [0.717, 1.165) is 32.2 Å². The zero-order chi connectivity index (χ0) is 16.6. The molecule has 0 aromatic heterocycles. The van der Waals surface area contributed by atoms with Crippen molar-refractivity contribution in [2.45, 2.75) is 52.9 Å². The van der Waals surface area contributed by atoms with Crippen LogP contribution in [0.25, 0.3) is 0 Å². The van der Waals surface area contributed by atoms with Gasteiger partial charge in [-0.3, -0.25) is 4.79 Å². The molecule has 124 valence electrons. The molecule has 0 radical (unpaired) electrons. The Morgan fingerprint density at radius 2 is 1.73 bits per heavy atom. The monoisotopic (exact) mass is 304 g/mol. The summed E-state index contributed by atoms with van der Waals surface area (Å²) in [5, 5.41) is 3.02. The maximum absolute atomic E-state index is 11.7. The summed E-state index contributed by atoms with van der Waals surface area (Å²) < 4.78 is 0. The van der Waals surface area contributed by atoms with E-state index >= 15 is 0 Å². The van der Waals surface area contributed by atoms with E-state index in [4.69, 9.17) is 0 Å². The summed E-state index contributed by atoms with van der Waals surface area (Å²) in [7, 11) is 4.09. The highest BCUT2D eigenvalue weighted by atomic mass is 16.1. The molecule has 0 atom stereocenters. The Morgan fingerprint density at radius 3 is 2.27 bits per heavy atom. The van der Waals surface area contributed by atoms with Gasteiger partial charge in [0.2, 0.25) is 5.91 Å². The second-order valence-corrected chi connectivity index (χ2v) is 7.43. The third kappa shape index (κ3) is 8.06. The predicted octanol–water partition coefficient (Wildman–Crippen LogP) is 4.02. The molecule has 0 spiro atoms. The quantitative estimate of drug-likeness (QED) is 0.736. The summed E-state index contributed by atoms with van der Waals surface area (Å²) >= 11 is 0. The van der Waals surface area contributed by atoms with E-state index in [1.807, 2.05) is 14.1 Å². The van der Waals surface area contributed by atoms with E-state index < -0.39 is 0 Å². The lowest BCUT2D eigenvalue weighted by atomic mass is 9.90. The first-order valence-corrected chi connectivity index (χ1v) is 8.31. The van der Waals surface area contributed by atoms with Gasteiger partial charge in [0.05, 0.1) is 0 Å². The van der Waals surface area contributed by atoms with Gasteiger partial charge in [-0.15, -0.1) is 0 Å². The van der Waals surface area contributed by atoms with Crippen molar-refractivity contribution in [2.75, 3.05) is 25.5 Å². The number of rotatable bonds is 8. The number of aryl methyl sites for hydroxylation is 1. The van der Waals surface area contributed by atoms with Crippen molar-refractivity contribution in [3.05, 3.63) is 29.8 Å². The fraction of sp³-hybridized carbons (Fsp3) is 0.632. The fourth-order valence-electron chi connectivity index (χ4n) is 2.35. The number of nitrogens with one attached hydrogen (secondary N) is 1. The van der Waals surface area contributed by atoms with Gasteiger partial charge in [-0.1, -0.05) is 32.9 Å². The minimum atomic E-state index is 0.187. The Kier molecular flexibility index (Phi) is 7.43. The molecular weight excluding hydrogens is 272 g/mol. The molecule has 0 heterocycles. The van der Waals surface area contributed by atoms with Crippen molar-refractivity contribution in [1.82, 2.24) is 5.32 Å². The molecular formula is C19H32N2O. The summed E-state index contributed by atoms with van der Waals surface area (Å²) in [6.45, 7) is 7.41. The standard InChI is InChI=1S/C19H32N2O/c1-19(2,3)14-6-9-18(22)20-15-7-8-16-10-12-17(13-11-16)21(4)5/h10-13H,6-9,14-15H2,1-5H3,(H,20,22). The minimum absolute atomic E-state index is 0.187. The van der Waals surface area contributed by atoms with Crippen LogP contribution in [0.15, 0.2) is 24.3 Å². The molecule has 1 aromatic rings. The second kappa shape index (κ2) is 8.82. The van der Waals surface area contributed by atoms with Crippen LogP contribution in [-0.2, 0) is 11.2 Å². The Bertz CT molecular complexity index is 443. The molecule has 3 nitrogen and oxygen atoms in total. The van der Waals surface area contributed by atoms with Gasteiger partial charge >= 0.3 is 0 Å². The zero-order valence-corrected chi connectivity index (χ0v) is 14.9. The predicted molar refractivity (Wildman–Crippen MR) is 95.4 cm³/mol. The Balaban J connectivity index is 2.15. The highest BCUT2D eigenvalue weighted by Crippen LogP contribution is 2.21. The summed E-state index contributed by atoms with van der Waals surface area (Å²) in [5.41, 5.74) is 2.86. The van der Waals surface area contributed by atoms with E-state index in [-0.39, 0.29) is 5.91 Å². The first-order valence-electron chi connectivity index (χ1n) is 8.31. The number of hydrogen-bond donors (Lipinski definition) is 1. The Morgan fingerprint density at radius 1 is 1.09 bits per heavy atom. The third-order valence-corrected chi connectivity index (χ3v) is 3.75. The van der Waals surface area contributed by atoms with Crippen LogP contribution < -0.4 is 10.2 Å². The number of amides is 1. The highest BCUT2D eigenvalue weighted by Gasteiger charge is 2.10. The van der Waals surface area contributed by atoms with Crippen LogP contribution in [0.2, 0.25) is 0 Å². The van der Waals surface area contributed by atoms with E-state index in [1.54, 1.807) is 0 Å². The molecule has 0 saturated heterocycles. The molecule has 0 aliphatic heterocycles. The van der Waals surface area contributed by atoms with Gasteiger partial charge in [0.1, 0.15) is 0 Å². The topological polar surface area (TPSA) is 32.3 Å². The molecule has 0 aliphatic carbocycles. The van der Waals surface area contributed by atoms with Crippen molar-refractivity contribution < 1.29 is 4.79 Å². The van der Waals surface area contributed by atoms with Gasteiger partial charge in [-0.25, -0.2) is 0 Å². The van der Waals surface area contributed by atoms with Gasteiger partial charge in [-0.2, -0.15) is 0 Å². The van der Waals surface area contributed by atoms with E-state index in [0.29, 0.717) is 11.8 Å². The van der Waals surface area contributed by atoms with Gasteiger partial charge in [0.25, 0.3) is 0 Å². The first-order chi connectivity index (χ1) is 10.3. The van der Waals surface area contributed by atoms with Gasteiger partial charge in [0, 0.05) is 32.7 Å². The van der Waals surface area contributed by atoms with Crippen LogP contribution >= 0.6 is 0 Å². The summed E-state index contributed by atoms with van der Waals surface area (Å²) in [6.07, 6.45) is 4.72. The lowest BCUT2D eigenvalue weighted by Gasteiger charge is -2.17.